The molecule has 27 heavy (non-hydrogen) atoms. The Morgan fingerprint density at radius 2 is 1.96 bits per heavy atom. The Morgan fingerprint density at radius 3 is 2.63 bits per heavy atom. The van der Waals surface area contributed by atoms with Crippen LogP contribution in [0.15, 0.2) is 29.3 Å². The predicted octanol–water partition coefficient (Wildman–Crippen LogP) is 3.81. The van der Waals surface area contributed by atoms with Crippen molar-refractivity contribution in [2.75, 3.05) is 33.1 Å². The van der Waals surface area contributed by atoms with Crippen LogP contribution in [0.1, 0.15) is 37.8 Å². The van der Waals surface area contributed by atoms with Crippen molar-refractivity contribution in [1.29, 1.82) is 0 Å². The van der Waals surface area contributed by atoms with E-state index in [9.17, 15) is 0 Å². The number of ether oxygens (including phenoxy) is 2. The first-order valence-electron chi connectivity index (χ1n) is 9.29. The zero-order valence-corrected chi connectivity index (χ0v) is 20.1. The van der Waals surface area contributed by atoms with Crippen molar-refractivity contribution in [1.82, 2.24) is 10.6 Å². The van der Waals surface area contributed by atoms with E-state index in [-0.39, 0.29) is 28.7 Å². The molecule has 0 saturated carbocycles. The van der Waals surface area contributed by atoms with Crippen LogP contribution in [0.4, 0.5) is 0 Å². The van der Waals surface area contributed by atoms with Crippen molar-refractivity contribution in [2.45, 2.75) is 50.7 Å². The monoisotopic (exact) mass is 507 g/mol. The molecule has 7 heteroatoms. The molecule has 0 radical (unpaired) electrons. The molecule has 1 aromatic carbocycles. The van der Waals surface area contributed by atoms with Crippen molar-refractivity contribution in [2.24, 2.45) is 4.99 Å². The highest BCUT2D eigenvalue weighted by Crippen LogP contribution is 2.19. The maximum absolute atomic E-state index is 6.02. The van der Waals surface area contributed by atoms with E-state index in [2.05, 4.69) is 60.0 Å². The Balaban J connectivity index is 0.00000364. The topological polar surface area (TPSA) is 54.9 Å². The fourth-order valence-electron chi connectivity index (χ4n) is 2.66. The van der Waals surface area contributed by atoms with E-state index in [1.54, 1.807) is 7.05 Å². The maximum atomic E-state index is 6.02. The summed E-state index contributed by atoms with van der Waals surface area (Å²) in [5.41, 5.74) is 2.44. The van der Waals surface area contributed by atoms with Crippen molar-refractivity contribution in [3.63, 3.8) is 0 Å². The van der Waals surface area contributed by atoms with Crippen LogP contribution in [0, 0.1) is 0 Å². The maximum Gasteiger partial charge on any atom is 0.191 e. The summed E-state index contributed by atoms with van der Waals surface area (Å²) in [6.07, 6.45) is 4.45. The first-order valence-corrected chi connectivity index (χ1v) is 10.5. The molecule has 1 aliphatic heterocycles. The number of hydrogen-bond donors (Lipinski definition) is 2. The van der Waals surface area contributed by atoms with E-state index >= 15 is 0 Å². The number of halogens is 1. The average Bonchev–Trinajstić information content (AvgIpc) is 2.67. The lowest BCUT2D eigenvalue weighted by Gasteiger charge is -2.24. The van der Waals surface area contributed by atoms with Gasteiger partial charge in [-0.25, -0.2) is 0 Å². The van der Waals surface area contributed by atoms with Gasteiger partial charge in [-0.2, -0.15) is 11.8 Å². The summed E-state index contributed by atoms with van der Waals surface area (Å²) in [6, 6.07) is 8.54. The quantitative estimate of drug-likeness (QED) is 0.319. The Morgan fingerprint density at radius 1 is 1.26 bits per heavy atom. The summed E-state index contributed by atoms with van der Waals surface area (Å²) in [4.78, 5) is 4.31. The van der Waals surface area contributed by atoms with Crippen molar-refractivity contribution in [3.8, 4) is 0 Å². The number of thioether (sulfide) groups is 1. The molecule has 0 bridgehead atoms. The molecule has 2 N–H and O–H groups in total. The molecular weight excluding hydrogens is 473 g/mol. The van der Waals surface area contributed by atoms with Gasteiger partial charge < -0.3 is 20.1 Å². The summed E-state index contributed by atoms with van der Waals surface area (Å²) in [6.45, 7) is 8.34. The van der Waals surface area contributed by atoms with Crippen LogP contribution in [-0.4, -0.2) is 49.9 Å². The number of guanidine groups is 1. The third-order valence-electron chi connectivity index (χ3n) is 4.56. The number of nitrogens with one attached hydrogen (secondary N) is 2. The first-order chi connectivity index (χ1) is 12.5. The van der Waals surface area contributed by atoms with Crippen LogP contribution in [0.25, 0.3) is 0 Å². The number of nitrogens with zero attached hydrogens (tertiary/aromatic N) is 1. The second-order valence-electron chi connectivity index (χ2n) is 7.19. The van der Waals surface area contributed by atoms with E-state index in [4.69, 9.17) is 9.47 Å². The molecular formula is C20H34IN3O2S. The zero-order valence-electron chi connectivity index (χ0n) is 16.9. The normalized spacial score (nSPS) is 15.9. The Kier molecular flexibility index (Phi) is 11.7. The molecule has 0 aromatic heterocycles. The molecule has 0 spiro atoms. The molecule has 0 unspecified atom stereocenters. The van der Waals surface area contributed by atoms with E-state index < -0.39 is 0 Å². The minimum absolute atomic E-state index is 0. The Hall–Kier alpha value is -0.510. The van der Waals surface area contributed by atoms with Crippen molar-refractivity contribution in [3.05, 3.63) is 35.4 Å². The summed E-state index contributed by atoms with van der Waals surface area (Å²) < 4.78 is 11.6. The van der Waals surface area contributed by atoms with Crippen LogP contribution in [0.5, 0.6) is 0 Å². The van der Waals surface area contributed by atoms with Gasteiger partial charge in [0, 0.05) is 38.1 Å². The second-order valence-corrected chi connectivity index (χ2v) is 8.70. The summed E-state index contributed by atoms with van der Waals surface area (Å²) in [7, 11) is 1.81. The molecule has 1 saturated heterocycles. The summed E-state index contributed by atoms with van der Waals surface area (Å²) >= 11 is 1.85. The molecule has 154 valence electrons. The van der Waals surface area contributed by atoms with Gasteiger partial charge in [-0.3, -0.25) is 4.99 Å². The van der Waals surface area contributed by atoms with E-state index in [1.807, 2.05) is 11.8 Å². The number of benzene rings is 1. The highest BCUT2D eigenvalue weighted by molar-refractivity contribution is 14.0. The van der Waals surface area contributed by atoms with Crippen molar-refractivity contribution >= 4 is 41.7 Å². The second kappa shape index (κ2) is 12.9. The van der Waals surface area contributed by atoms with E-state index in [0.717, 1.165) is 45.1 Å². The van der Waals surface area contributed by atoms with Gasteiger partial charge in [0.15, 0.2) is 5.96 Å². The molecule has 0 aliphatic carbocycles. The third kappa shape index (κ3) is 9.49. The minimum atomic E-state index is 0. The van der Waals surface area contributed by atoms with Crippen LogP contribution in [0.2, 0.25) is 0 Å². The predicted molar refractivity (Wildman–Crippen MR) is 126 cm³/mol. The van der Waals surface area contributed by atoms with Crippen molar-refractivity contribution < 1.29 is 9.47 Å². The molecule has 1 fully saturated rings. The molecule has 1 heterocycles. The highest BCUT2D eigenvalue weighted by Gasteiger charge is 2.16. The number of aliphatic imine (C=N–C) groups is 1. The van der Waals surface area contributed by atoms with Gasteiger partial charge in [0.2, 0.25) is 0 Å². The smallest absolute Gasteiger partial charge is 0.191 e. The number of rotatable bonds is 8. The lowest BCUT2D eigenvalue weighted by atomic mass is 10.1. The van der Waals surface area contributed by atoms with Crippen LogP contribution in [-0.2, 0) is 22.6 Å². The summed E-state index contributed by atoms with van der Waals surface area (Å²) in [5, 5.41) is 6.78. The fraction of sp³-hybridized carbons (Fsp3) is 0.650. The third-order valence-corrected chi connectivity index (χ3v) is 5.81. The van der Waals surface area contributed by atoms with Crippen LogP contribution in [0.3, 0.4) is 0 Å². The lowest BCUT2D eigenvalue weighted by Crippen LogP contribution is -2.42. The fourth-order valence-corrected chi connectivity index (χ4v) is 2.88. The van der Waals surface area contributed by atoms with E-state index in [1.165, 1.54) is 11.1 Å². The van der Waals surface area contributed by atoms with Crippen LogP contribution >= 0.6 is 35.7 Å². The standard InChI is InChI=1S/C20H33N3O2S.HI/c1-20(2,26-4)15-23-19(21-3)22-13-16-6-5-7-17(12-16)14-25-18-8-10-24-11-9-18;/h5-7,12,18H,8-11,13-15H2,1-4H3,(H2,21,22,23);1H. The highest BCUT2D eigenvalue weighted by atomic mass is 127. The molecule has 2 rings (SSSR count). The van der Waals surface area contributed by atoms with Crippen LogP contribution < -0.4 is 10.6 Å². The molecule has 1 aliphatic rings. The molecule has 1 aromatic rings. The van der Waals surface area contributed by atoms with Gasteiger partial charge in [-0.05, 0) is 44.1 Å². The molecule has 0 atom stereocenters. The van der Waals surface area contributed by atoms with Gasteiger partial charge in [-0.1, -0.05) is 24.3 Å². The SMILES string of the molecule is CN=C(NCc1cccc(COC2CCOCC2)c1)NCC(C)(C)SC.I. The molecule has 5 nitrogen and oxygen atoms in total. The zero-order chi connectivity index (χ0) is 18.8. The van der Waals surface area contributed by atoms with Gasteiger partial charge in [0.05, 0.1) is 12.7 Å². The average molecular weight is 507 g/mol. The van der Waals surface area contributed by atoms with E-state index in [0.29, 0.717) is 12.7 Å². The largest absolute Gasteiger partial charge is 0.381 e. The van der Waals surface area contributed by atoms with Gasteiger partial charge in [-0.15, -0.1) is 24.0 Å². The number of hydrogen-bond acceptors (Lipinski definition) is 4. The molecule has 0 amide bonds. The Labute approximate surface area is 185 Å². The first kappa shape index (κ1) is 24.5. The van der Waals surface area contributed by atoms with Gasteiger partial charge in [0.1, 0.15) is 0 Å². The van der Waals surface area contributed by atoms with Gasteiger partial charge >= 0.3 is 0 Å². The lowest BCUT2D eigenvalue weighted by molar-refractivity contribution is -0.0390. The summed E-state index contributed by atoms with van der Waals surface area (Å²) in [5.74, 6) is 0.830. The minimum Gasteiger partial charge on any atom is -0.381 e. The van der Waals surface area contributed by atoms with Gasteiger partial charge in [0.25, 0.3) is 0 Å². The Bertz CT molecular complexity index is 578.